The molecule has 1 N–H and O–H groups in total. The number of rotatable bonds is 6. The third-order valence-electron chi connectivity index (χ3n) is 3.63. The molecule has 3 rings (SSSR count). The molecule has 130 valence electrons. The molecule has 0 saturated carbocycles. The first-order valence-corrected chi connectivity index (χ1v) is 7.97. The highest BCUT2D eigenvalue weighted by Crippen LogP contribution is 2.25. The van der Waals surface area contributed by atoms with Crippen molar-refractivity contribution in [2.45, 2.75) is 19.9 Å². The highest BCUT2D eigenvalue weighted by atomic mass is 16.5. The topological polar surface area (TPSA) is 78.3 Å². The van der Waals surface area contributed by atoms with Crippen LogP contribution in [0.1, 0.15) is 19.9 Å². The number of hydrogen-bond acceptors (Lipinski definition) is 5. The number of carbonyl (C=O) groups excluding carboxylic acids is 1. The first-order valence-electron chi connectivity index (χ1n) is 7.97. The third-order valence-corrected chi connectivity index (χ3v) is 3.63. The van der Waals surface area contributed by atoms with E-state index in [1.807, 2.05) is 36.7 Å². The number of pyridine rings is 1. The van der Waals surface area contributed by atoms with Crippen LogP contribution < -0.4 is 14.8 Å². The highest BCUT2D eigenvalue weighted by molar-refractivity contribution is 5.93. The first-order chi connectivity index (χ1) is 12.1. The molecule has 0 atom stereocenters. The van der Waals surface area contributed by atoms with Gasteiger partial charge in [0.25, 0.3) is 5.91 Å². The van der Waals surface area contributed by atoms with Gasteiger partial charge in [0, 0.05) is 11.4 Å². The minimum absolute atomic E-state index is 0.121. The van der Waals surface area contributed by atoms with Gasteiger partial charge in [0.2, 0.25) is 0 Å². The van der Waals surface area contributed by atoms with Crippen LogP contribution >= 0.6 is 0 Å². The zero-order chi connectivity index (χ0) is 17.8. The fraction of sp³-hybridized carbons (Fsp3) is 0.278. The second kappa shape index (κ2) is 7.21. The number of amides is 1. The van der Waals surface area contributed by atoms with Gasteiger partial charge in [-0.3, -0.25) is 4.79 Å². The predicted octanol–water partition coefficient (Wildman–Crippen LogP) is 3.04. The molecular formula is C18H20N4O3. The molecular weight excluding hydrogens is 320 g/mol. The van der Waals surface area contributed by atoms with E-state index >= 15 is 0 Å². The van der Waals surface area contributed by atoms with Crippen molar-refractivity contribution in [3.05, 3.63) is 42.7 Å². The molecule has 1 aromatic carbocycles. The first kappa shape index (κ1) is 16.8. The van der Waals surface area contributed by atoms with Crippen molar-refractivity contribution in [1.82, 2.24) is 14.8 Å². The van der Waals surface area contributed by atoms with E-state index in [2.05, 4.69) is 15.4 Å². The Bertz CT molecular complexity index is 889. The fourth-order valence-electron chi connectivity index (χ4n) is 2.46. The van der Waals surface area contributed by atoms with E-state index in [-0.39, 0.29) is 18.6 Å². The van der Waals surface area contributed by atoms with Gasteiger partial charge in [-0.2, -0.15) is 5.10 Å². The van der Waals surface area contributed by atoms with Crippen LogP contribution in [-0.4, -0.2) is 34.4 Å². The lowest BCUT2D eigenvalue weighted by molar-refractivity contribution is -0.118. The zero-order valence-corrected chi connectivity index (χ0v) is 14.4. The van der Waals surface area contributed by atoms with Crippen molar-refractivity contribution >= 4 is 22.6 Å². The van der Waals surface area contributed by atoms with Gasteiger partial charge in [0.15, 0.2) is 23.8 Å². The minimum atomic E-state index is -0.275. The van der Waals surface area contributed by atoms with E-state index in [1.54, 1.807) is 31.6 Å². The lowest BCUT2D eigenvalue weighted by Gasteiger charge is -2.10. The Morgan fingerprint density at radius 3 is 2.72 bits per heavy atom. The van der Waals surface area contributed by atoms with Crippen molar-refractivity contribution in [3.8, 4) is 11.5 Å². The van der Waals surface area contributed by atoms with Crippen LogP contribution in [0.4, 0.5) is 5.69 Å². The molecule has 0 fully saturated rings. The quantitative estimate of drug-likeness (QED) is 0.746. The van der Waals surface area contributed by atoms with E-state index in [0.717, 1.165) is 11.0 Å². The van der Waals surface area contributed by atoms with Gasteiger partial charge in [-0.25, -0.2) is 9.67 Å². The summed E-state index contributed by atoms with van der Waals surface area (Å²) in [6.07, 6.45) is 3.35. The number of nitrogens with zero attached hydrogens (tertiary/aromatic N) is 3. The number of fused-ring (bicyclic) bond motifs is 1. The molecule has 25 heavy (non-hydrogen) atoms. The van der Waals surface area contributed by atoms with Crippen molar-refractivity contribution in [3.63, 3.8) is 0 Å². The molecule has 3 aromatic rings. The predicted molar refractivity (Wildman–Crippen MR) is 95.0 cm³/mol. The second-order valence-electron chi connectivity index (χ2n) is 5.81. The van der Waals surface area contributed by atoms with E-state index in [0.29, 0.717) is 17.2 Å². The zero-order valence-electron chi connectivity index (χ0n) is 14.4. The summed E-state index contributed by atoms with van der Waals surface area (Å²) in [6, 6.07) is 9.25. The number of methoxy groups -OCH3 is 1. The van der Waals surface area contributed by atoms with Crippen LogP contribution in [0.3, 0.4) is 0 Å². The van der Waals surface area contributed by atoms with E-state index in [4.69, 9.17) is 9.47 Å². The maximum absolute atomic E-state index is 12.1. The Morgan fingerprint density at radius 1 is 1.24 bits per heavy atom. The molecule has 0 aliphatic rings. The maximum Gasteiger partial charge on any atom is 0.262 e. The van der Waals surface area contributed by atoms with Crippen LogP contribution in [-0.2, 0) is 4.79 Å². The van der Waals surface area contributed by atoms with Gasteiger partial charge in [0.05, 0.1) is 25.2 Å². The van der Waals surface area contributed by atoms with E-state index in [1.165, 1.54) is 0 Å². The van der Waals surface area contributed by atoms with Crippen LogP contribution in [0.5, 0.6) is 11.5 Å². The summed E-state index contributed by atoms with van der Waals surface area (Å²) in [6.45, 7) is 3.96. The summed E-state index contributed by atoms with van der Waals surface area (Å²) < 4.78 is 12.5. The van der Waals surface area contributed by atoms with Crippen molar-refractivity contribution < 1.29 is 14.3 Å². The Labute approximate surface area is 145 Å². The third kappa shape index (κ3) is 3.71. The molecule has 7 nitrogen and oxygen atoms in total. The molecule has 0 saturated heterocycles. The Kier molecular flexibility index (Phi) is 4.83. The number of nitrogens with one attached hydrogen (secondary N) is 1. The van der Waals surface area contributed by atoms with Gasteiger partial charge in [0.1, 0.15) is 0 Å². The Balaban J connectivity index is 1.66. The monoisotopic (exact) mass is 340 g/mol. The van der Waals surface area contributed by atoms with Gasteiger partial charge in [-0.15, -0.1) is 0 Å². The van der Waals surface area contributed by atoms with E-state index in [9.17, 15) is 4.79 Å². The number of carbonyl (C=O) groups is 1. The normalized spacial score (nSPS) is 10.9. The largest absolute Gasteiger partial charge is 0.493 e. The molecule has 1 amide bonds. The second-order valence-corrected chi connectivity index (χ2v) is 5.81. The lowest BCUT2D eigenvalue weighted by Crippen LogP contribution is -2.20. The summed E-state index contributed by atoms with van der Waals surface area (Å²) in [5, 5.41) is 7.96. The number of hydrogen-bond donors (Lipinski definition) is 1. The van der Waals surface area contributed by atoms with Gasteiger partial charge >= 0.3 is 0 Å². The van der Waals surface area contributed by atoms with Crippen molar-refractivity contribution in [2.75, 3.05) is 19.0 Å². The van der Waals surface area contributed by atoms with Crippen LogP contribution in [0, 0.1) is 0 Å². The summed E-state index contributed by atoms with van der Waals surface area (Å²) in [7, 11) is 1.56. The number of ether oxygens (including phenoxy) is 2. The van der Waals surface area contributed by atoms with Crippen LogP contribution in [0.25, 0.3) is 11.0 Å². The average molecular weight is 340 g/mol. The fourth-order valence-corrected chi connectivity index (χ4v) is 2.46. The number of anilines is 1. The van der Waals surface area contributed by atoms with Gasteiger partial charge in [-0.1, -0.05) is 12.1 Å². The lowest BCUT2D eigenvalue weighted by atomic mass is 10.3. The number of benzene rings is 1. The molecule has 7 heteroatoms. The van der Waals surface area contributed by atoms with Crippen molar-refractivity contribution in [1.29, 1.82) is 0 Å². The van der Waals surface area contributed by atoms with Gasteiger partial charge in [-0.05, 0) is 32.0 Å². The minimum Gasteiger partial charge on any atom is -0.493 e. The Morgan fingerprint density at radius 2 is 2.00 bits per heavy atom. The molecule has 0 bridgehead atoms. The highest BCUT2D eigenvalue weighted by Gasteiger charge is 2.10. The summed E-state index contributed by atoms with van der Waals surface area (Å²) >= 11 is 0. The number of para-hydroxylation sites is 2. The van der Waals surface area contributed by atoms with Crippen LogP contribution in [0.2, 0.25) is 0 Å². The Hall–Kier alpha value is -3.09. The number of aromatic nitrogens is 3. The molecule has 0 radical (unpaired) electrons. The van der Waals surface area contributed by atoms with Gasteiger partial charge < -0.3 is 14.8 Å². The molecule has 2 aromatic heterocycles. The molecule has 2 heterocycles. The standard InChI is InChI=1S/C18H20N4O3/c1-12(2)22-18-13(9-20-22)8-14(10-19-18)21-17(23)11-25-16-7-5-4-6-15(16)24-3/h4-10,12H,11H2,1-3H3,(H,21,23). The SMILES string of the molecule is COc1ccccc1OCC(=O)Nc1cnc2c(cnn2C(C)C)c1. The average Bonchev–Trinajstić information content (AvgIpc) is 3.03. The van der Waals surface area contributed by atoms with Crippen LogP contribution in [0.15, 0.2) is 42.7 Å². The molecule has 0 aliphatic carbocycles. The summed E-state index contributed by atoms with van der Waals surface area (Å²) in [5.74, 6) is 0.828. The summed E-state index contributed by atoms with van der Waals surface area (Å²) in [4.78, 5) is 16.5. The van der Waals surface area contributed by atoms with E-state index < -0.39 is 0 Å². The smallest absolute Gasteiger partial charge is 0.262 e. The summed E-state index contributed by atoms with van der Waals surface area (Å²) in [5.41, 5.74) is 1.39. The van der Waals surface area contributed by atoms with Crippen molar-refractivity contribution in [2.24, 2.45) is 0 Å². The molecule has 0 spiro atoms. The maximum atomic E-state index is 12.1. The molecule has 0 aliphatic heterocycles. The molecule has 0 unspecified atom stereocenters.